The van der Waals surface area contributed by atoms with Crippen LogP contribution in [0.4, 0.5) is 21.9 Å². The fraction of sp³-hybridized carbons (Fsp3) is 0.348. The van der Waals surface area contributed by atoms with Crippen molar-refractivity contribution in [2.24, 2.45) is 0 Å². The van der Waals surface area contributed by atoms with Crippen LogP contribution in [0.15, 0.2) is 40.9 Å². The van der Waals surface area contributed by atoms with Crippen LogP contribution < -0.4 is 15.1 Å². The van der Waals surface area contributed by atoms with E-state index in [0.29, 0.717) is 23.9 Å². The van der Waals surface area contributed by atoms with Crippen LogP contribution in [0.1, 0.15) is 11.5 Å². The van der Waals surface area contributed by atoms with Crippen LogP contribution in [0.25, 0.3) is 11.4 Å². The lowest BCUT2D eigenvalue weighted by Crippen LogP contribution is -2.44. The van der Waals surface area contributed by atoms with Crippen LogP contribution in [0.3, 0.4) is 0 Å². The zero-order chi connectivity index (χ0) is 22.2. The number of likely N-dealkylation sites (N-methyl/N-ethyl adjacent to an activating group) is 1. The number of hydrogen-bond acceptors (Lipinski definition) is 6. The maximum absolute atomic E-state index is 13.1. The number of anilines is 3. The number of carbonyl (C=O) groups excluding carboxylic acids is 1. The first-order chi connectivity index (χ1) is 15.5. The van der Waals surface area contributed by atoms with Crippen molar-refractivity contribution in [1.82, 2.24) is 15.0 Å². The van der Waals surface area contributed by atoms with Crippen LogP contribution >= 0.6 is 11.6 Å². The van der Waals surface area contributed by atoms with Crippen molar-refractivity contribution >= 4 is 34.7 Å². The highest BCUT2D eigenvalue weighted by Gasteiger charge is 2.28. The number of nitrogens with one attached hydrogen (secondary N) is 1. The molecule has 3 aromatic rings. The summed E-state index contributed by atoms with van der Waals surface area (Å²) in [7, 11) is 2.13. The van der Waals surface area contributed by atoms with E-state index in [0.717, 1.165) is 60.1 Å². The third-order valence-electron chi connectivity index (χ3n) is 6.05. The lowest BCUT2D eigenvalue weighted by atomic mass is 10.1. The number of carbonyl (C=O) groups is 1. The number of nitrogens with zero attached hydrogens (tertiary/aromatic N) is 5. The predicted molar refractivity (Wildman–Crippen MR) is 126 cm³/mol. The molecule has 8 nitrogen and oxygen atoms in total. The minimum absolute atomic E-state index is 0.154. The first-order valence-corrected chi connectivity index (χ1v) is 11.1. The Kier molecular flexibility index (Phi) is 5.48. The summed E-state index contributed by atoms with van der Waals surface area (Å²) in [5.41, 5.74) is 4.57. The van der Waals surface area contributed by atoms with Gasteiger partial charge in [-0.25, -0.2) is 4.79 Å². The Bertz CT molecular complexity index is 1140. The van der Waals surface area contributed by atoms with Crippen LogP contribution in [-0.2, 0) is 6.42 Å². The molecule has 1 saturated heterocycles. The van der Waals surface area contributed by atoms with E-state index in [-0.39, 0.29) is 6.03 Å². The number of amides is 2. The van der Waals surface area contributed by atoms with Crippen LogP contribution in [0, 0.1) is 6.92 Å². The van der Waals surface area contributed by atoms with Crippen molar-refractivity contribution in [3.8, 4) is 11.4 Å². The zero-order valence-electron chi connectivity index (χ0n) is 18.1. The second kappa shape index (κ2) is 8.44. The van der Waals surface area contributed by atoms with Gasteiger partial charge in [-0.3, -0.25) is 4.90 Å². The van der Waals surface area contributed by atoms with Crippen molar-refractivity contribution in [3.63, 3.8) is 0 Å². The summed E-state index contributed by atoms with van der Waals surface area (Å²) in [6.07, 6.45) is 0.793. The van der Waals surface area contributed by atoms with Gasteiger partial charge in [0.2, 0.25) is 11.7 Å². The number of piperazine rings is 1. The van der Waals surface area contributed by atoms with Crippen molar-refractivity contribution < 1.29 is 9.32 Å². The molecule has 0 aliphatic carbocycles. The fourth-order valence-electron chi connectivity index (χ4n) is 4.21. The van der Waals surface area contributed by atoms with Gasteiger partial charge in [0.15, 0.2) is 0 Å². The normalized spacial score (nSPS) is 16.3. The maximum atomic E-state index is 13.1. The maximum Gasteiger partial charge on any atom is 0.326 e. The molecule has 0 unspecified atom stereocenters. The van der Waals surface area contributed by atoms with E-state index in [1.54, 1.807) is 11.8 Å². The molecule has 0 atom stereocenters. The molecule has 9 heteroatoms. The summed E-state index contributed by atoms with van der Waals surface area (Å²) in [4.78, 5) is 23.7. The summed E-state index contributed by atoms with van der Waals surface area (Å²) in [5, 5.41) is 7.67. The van der Waals surface area contributed by atoms with Gasteiger partial charge in [-0.15, -0.1) is 0 Å². The minimum Gasteiger partial charge on any atom is -0.368 e. The lowest BCUT2D eigenvalue weighted by molar-refractivity contribution is 0.257. The zero-order valence-corrected chi connectivity index (χ0v) is 18.9. The molecule has 5 rings (SSSR count). The number of aryl methyl sites for hydroxylation is 1. The highest BCUT2D eigenvalue weighted by molar-refractivity contribution is 6.33. The summed E-state index contributed by atoms with van der Waals surface area (Å²) < 4.78 is 5.03. The highest BCUT2D eigenvalue weighted by atomic mass is 35.5. The molecule has 1 N–H and O–H groups in total. The number of aromatic nitrogens is 2. The molecule has 2 aromatic carbocycles. The average molecular weight is 453 g/mol. The summed E-state index contributed by atoms with van der Waals surface area (Å²) >= 11 is 6.61. The van der Waals surface area contributed by atoms with Gasteiger partial charge in [-0.05, 0) is 55.4 Å². The molecule has 3 heterocycles. The Morgan fingerprint density at radius 2 is 1.81 bits per heavy atom. The Balaban J connectivity index is 1.32. The van der Waals surface area contributed by atoms with Gasteiger partial charge < -0.3 is 19.6 Å². The van der Waals surface area contributed by atoms with Crippen LogP contribution in [0.5, 0.6) is 0 Å². The number of fused-ring (bicyclic) bond motifs is 1. The monoisotopic (exact) mass is 452 g/mol. The topological polar surface area (TPSA) is 77.7 Å². The van der Waals surface area contributed by atoms with E-state index in [9.17, 15) is 4.79 Å². The van der Waals surface area contributed by atoms with Crippen LogP contribution in [0.2, 0.25) is 5.02 Å². The first-order valence-electron chi connectivity index (χ1n) is 10.7. The van der Waals surface area contributed by atoms with Gasteiger partial charge in [0.05, 0.1) is 16.4 Å². The Morgan fingerprint density at radius 3 is 2.50 bits per heavy atom. The Hall–Kier alpha value is -3.10. The van der Waals surface area contributed by atoms with Crippen molar-refractivity contribution in [3.05, 3.63) is 52.9 Å². The Labute approximate surface area is 191 Å². The molecule has 0 radical (unpaired) electrons. The second-order valence-electron chi connectivity index (χ2n) is 8.27. The molecule has 1 fully saturated rings. The van der Waals surface area contributed by atoms with E-state index in [1.165, 1.54) is 0 Å². The summed E-state index contributed by atoms with van der Waals surface area (Å²) in [5.74, 6) is 1.04. The lowest BCUT2D eigenvalue weighted by Gasteiger charge is -2.35. The van der Waals surface area contributed by atoms with E-state index >= 15 is 0 Å². The van der Waals surface area contributed by atoms with E-state index in [2.05, 4.69) is 38.4 Å². The van der Waals surface area contributed by atoms with Gasteiger partial charge in [-0.1, -0.05) is 16.8 Å². The molecule has 2 aliphatic heterocycles. The number of hydrogen-bond donors (Lipinski definition) is 1. The van der Waals surface area contributed by atoms with Gasteiger partial charge in [-0.2, -0.15) is 4.98 Å². The third-order valence-corrected chi connectivity index (χ3v) is 6.36. The van der Waals surface area contributed by atoms with E-state index in [4.69, 9.17) is 16.1 Å². The molecule has 32 heavy (non-hydrogen) atoms. The van der Waals surface area contributed by atoms with Crippen molar-refractivity contribution in [1.29, 1.82) is 0 Å². The van der Waals surface area contributed by atoms with Crippen molar-refractivity contribution in [2.45, 2.75) is 13.3 Å². The SMILES string of the molecule is Cc1nc(-c2ccc(NC(=O)N3CCc4cc(Cl)c(N5CCN(C)CC5)cc43)cc2)no1. The minimum atomic E-state index is -0.154. The van der Waals surface area contributed by atoms with E-state index < -0.39 is 0 Å². The molecular weight excluding hydrogens is 428 g/mol. The smallest absolute Gasteiger partial charge is 0.326 e. The van der Waals surface area contributed by atoms with Crippen LogP contribution in [-0.4, -0.2) is 60.8 Å². The highest BCUT2D eigenvalue weighted by Crippen LogP contribution is 2.38. The largest absolute Gasteiger partial charge is 0.368 e. The van der Waals surface area contributed by atoms with Gasteiger partial charge in [0, 0.05) is 50.9 Å². The standard InChI is InChI=1S/C23H25ClN6O2/c1-15-25-22(27-32-15)16-3-5-18(6-4-16)26-23(31)30-8-7-17-13-19(24)21(14-20(17)30)29-11-9-28(2)10-12-29/h3-6,13-14H,7-12H2,1-2H3,(H,26,31). The first kappa shape index (κ1) is 20.8. The van der Waals surface area contributed by atoms with E-state index in [1.807, 2.05) is 30.3 Å². The number of rotatable bonds is 3. The molecule has 2 amide bonds. The van der Waals surface area contributed by atoms with Gasteiger partial charge in [0.25, 0.3) is 0 Å². The summed E-state index contributed by atoms with van der Waals surface area (Å²) in [6, 6.07) is 11.3. The Morgan fingerprint density at radius 1 is 1.06 bits per heavy atom. The molecular formula is C23H25ClN6O2. The third kappa shape index (κ3) is 4.03. The summed E-state index contributed by atoms with van der Waals surface area (Å²) in [6.45, 7) is 6.22. The molecule has 166 valence electrons. The predicted octanol–water partition coefficient (Wildman–Crippen LogP) is 4.04. The quantitative estimate of drug-likeness (QED) is 0.646. The molecule has 0 spiro atoms. The number of halogens is 1. The fourth-order valence-corrected chi connectivity index (χ4v) is 4.51. The average Bonchev–Trinajstić information content (AvgIpc) is 3.40. The molecule has 0 bridgehead atoms. The van der Waals surface area contributed by atoms with Gasteiger partial charge >= 0.3 is 6.03 Å². The number of urea groups is 1. The molecule has 0 saturated carbocycles. The number of benzene rings is 2. The van der Waals surface area contributed by atoms with Crippen molar-refractivity contribution in [2.75, 3.05) is 54.9 Å². The van der Waals surface area contributed by atoms with Gasteiger partial charge in [0.1, 0.15) is 0 Å². The second-order valence-corrected chi connectivity index (χ2v) is 8.68. The molecule has 2 aliphatic rings. The molecule has 1 aromatic heterocycles.